The topological polar surface area (TPSA) is 0 Å². The Morgan fingerprint density at radius 1 is 0.306 bits per heavy atom. The molecule has 62 heavy (non-hydrogen) atoms. The molecule has 8 aromatic carbocycles. The van der Waals surface area contributed by atoms with Crippen LogP contribution in [0.2, 0.25) is 0 Å². The molecule has 4 saturated carbocycles. The number of fused-ring (bicyclic) bond motifs is 4. The molecule has 0 aliphatic heterocycles. The van der Waals surface area contributed by atoms with Crippen molar-refractivity contribution < 1.29 is 73.3 Å². The van der Waals surface area contributed by atoms with Crippen molar-refractivity contribution in [2.75, 3.05) is 0 Å². The molecule has 4 fully saturated rings. The van der Waals surface area contributed by atoms with Gasteiger partial charge in [-0.1, -0.05) is 151 Å². The monoisotopic (exact) mass is 1010 g/mol. The zero-order valence-corrected chi connectivity index (χ0v) is 43.1. The number of hydrogen-bond donors (Lipinski definition) is 0. The Hall–Kier alpha value is -2.59. The van der Waals surface area contributed by atoms with Gasteiger partial charge in [0, 0.05) is 0 Å². The van der Waals surface area contributed by atoms with E-state index in [9.17, 15) is 0 Å². The van der Waals surface area contributed by atoms with Gasteiger partial charge in [0.1, 0.15) is 0 Å². The molecule has 4 heteroatoms. The van der Waals surface area contributed by atoms with Crippen LogP contribution in [-0.4, -0.2) is 8.42 Å². The second-order valence-corrected chi connectivity index (χ2v) is 17.4. The van der Waals surface area contributed by atoms with E-state index in [1.807, 2.05) is 0 Å². The van der Waals surface area contributed by atoms with E-state index in [-0.39, 0.29) is 24.8 Å². The molecule has 12 rings (SSSR count). The largest absolute Gasteiger partial charge is 1.00 e. The van der Waals surface area contributed by atoms with Crippen LogP contribution in [0, 0.1) is 0 Å². The van der Waals surface area contributed by atoms with E-state index in [1.54, 1.807) is 22.3 Å². The van der Waals surface area contributed by atoms with Crippen molar-refractivity contribution >= 4 is 51.5 Å². The third-order valence-electron chi connectivity index (χ3n) is 14.0. The number of rotatable bonds is 4. The van der Waals surface area contributed by atoms with Crippen LogP contribution in [0.15, 0.2) is 146 Å². The van der Waals surface area contributed by atoms with Crippen molar-refractivity contribution in [3.8, 4) is 0 Å². The molecule has 0 amide bonds. The van der Waals surface area contributed by atoms with Gasteiger partial charge in [0.25, 0.3) is 0 Å². The fourth-order valence-electron chi connectivity index (χ4n) is 11.1. The summed E-state index contributed by atoms with van der Waals surface area (Å²) in [7, 11) is 0. The third kappa shape index (κ3) is 12.4. The van der Waals surface area contributed by atoms with Gasteiger partial charge < -0.3 is 24.8 Å². The average molecular weight is 1010 g/mol. The summed E-state index contributed by atoms with van der Waals surface area (Å²) in [6.07, 6.45) is 22.5. The van der Waals surface area contributed by atoms with E-state index in [0.717, 1.165) is 23.7 Å². The molecule has 0 nitrogen and oxygen atoms in total. The van der Waals surface area contributed by atoms with Gasteiger partial charge in [-0.15, -0.1) is 164 Å². The number of benzene rings is 4. The average Bonchev–Trinajstić information content (AvgIpc) is 4.16. The summed E-state index contributed by atoms with van der Waals surface area (Å²) in [5.74, 6) is 3.37. The van der Waals surface area contributed by atoms with Crippen molar-refractivity contribution in [3.63, 3.8) is 0 Å². The molecule has 0 radical (unpaired) electrons. The smallest absolute Gasteiger partial charge is 0.0535 e. The summed E-state index contributed by atoms with van der Waals surface area (Å²) in [6, 6.07) is 53.5. The first-order chi connectivity index (χ1) is 29.8. The van der Waals surface area contributed by atoms with E-state index in [4.69, 9.17) is 0 Å². The Kier molecular flexibility index (Phi) is 21.5. The normalized spacial score (nSPS) is 16.5. The Labute approximate surface area is 415 Å². The van der Waals surface area contributed by atoms with Crippen LogP contribution < -0.4 is 24.8 Å². The van der Waals surface area contributed by atoms with Crippen LogP contribution in [0.25, 0.3) is 43.1 Å². The molecule has 0 spiro atoms. The summed E-state index contributed by atoms with van der Waals surface area (Å²) in [5, 5.41) is 11.6. The molecule has 0 unspecified atom stereocenters. The quantitative estimate of drug-likeness (QED) is 0.154. The Balaban J connectivity index is 0.000000150. The standard InChI is InChI=1S/4C14H15.2CH2.2ClH.2Zr/c4*1-2-6-11(5-1)14-10-9-12-7-3-4-8-13(12)14;;;;;;/h4*3-4,7-11H,1-2,5-6H2;2*1H2;2*1H;;/q4*-1;;;;;2*+2/p-2. The predicted molar refractivity (Wildman–Crippen MR) is 257 cm³/mol. The van der Waals surface area contributed by atoms with Gasteiger partial charge >= 0.3 is 56.9 Å². The van der Waals surface area contributed by atoms with Gasteiger partial charge in [-0.05, 0) is 0 Å². The van der Waals surface area contributed by atoms with Gasteiger partial charge in [0.15, 0.2) is 0 Å². The minimum atomic E-state index is 0. The maximum absolute atomic E-state index is 3.34. The molecule has 4 aliphatic rings. The van der Waals surface area contributed by atoms with Crippen LogP contribution in [0.5, 0.6) is 0 Å². The molecule has 8 aromatic rings. The maximum atomic E-state index is 3.34. The summed E-state index contributed by atoms with van der Waals surface area (Å²) in [6.45, 7) is 0. The second kappa shape index (κ2) is 26.4. The van der Waals surface area contributed by atoms with Crippen LogP contribution in [0.3, 0.4) is 0 Å². The van der Waals surface area contributed by atoms with Crippen molar-refractivity contribution in [1.29, 1.82) is 0 Å². The van der Waals surface area contributed by atoms with Crippen molar-refractivity contribution in [2.45, 2.75) is 126 Å². The molecule has 0 bridgehead atoms. The molecule has 0 heterocycles. The molecule has 0 aromatic heterocycles. The van der Waals surface area contributed by atoms with Crippen molar-refractivity contribution in [1.82, 2.24) is 0 Å². The van der Waals surface area contributed by atoms with Crippen molar-refractivity contribution in [3.05, 3.63) is 168 Å². The van der Waals surface area contributed by atoms with Gasteiger partial charge in [-0.25, -0.2) is 0 Å². The zero-order valence-electron chi connectivity index (χ0n) is 36.6. The SMILES string of the molecule is [CH2]=[Zr+2].[CH2]=[Zr+2].[Cl-].[Cl-].c1ccc2c(C3CCCC3)c[cH-]c2c1.c1ccc2c(C3CCCC3)c[cH-]c2c1.c1ccc2c(C3CCCC3)c[cH-]c2c1.c1ccc2c(C3CCCC3)c[cH-]c2c1. The molecule has 320 valence electrons. The molecule has 0 saturated heterocycles. The zero-order chi connectivity index (χ0) is 41.5. The molecule has 0 N–H and O–H groups in total. The summed E-state index contributed by atoms with van der Waals surface area (Å²) < 4.78 is 6.68. The van der Waals surface area contributed by atoms with Crippen LogP contribution in [0.1, 0.15) is 149 Å². The van der Waals surface area contributed by atoms with Gasteiger partial charge in [0.2, 0.25) is 0 Å². The summed E-state index contributed by atoms with van der Waals surface area (Å²) in [4.78, 5) is 0. The summed E-state index contributed by atoms with van der Waals surface area (Å²) >= 11 is 2.60. The minimum Gasteiger partial charge on any atom is -1.00 e. The number of hydrogen-bond acceptors (Lipinski definition) is 0. The minimum absolute atomic E-state index is 0. The van der Waals surface area contributed by atoms with E-state index in [0.29, 0.717) is 0 Å². The van der Waals surface area contributed by atoms with Gasteiger partial charge in [-0.3, -0.25) is 0 Å². The van der Waals surface area contributed by atoms with E-state index < -0.39 is 0 Å². The fourth-order valence-corrected chi connectivity index (χ4v) is 11.1. The second-order valence-electron chi connectivity index (χ2n) is 17.4. The van der Waals surface area contributed by atoms with E-state index >= 15 is 0 Å². The fraction of sp³-hybridized carbons (Fsp3) is 0.345. The van der Waals surface area contributed by atoms with Gasteiger partial charge in [0.05, 0.1) is 0 Å². The first-order valence-corrected chi connectivity index (χ1v) is 26.6. The third-order valence-corrected chi connectivity index (χ3v) is 14.0. The first-order valence-electron chi connectivity index (χ1n) is 23.1. The van der Waals surface area contributed by atoms with Crippen LogP contribution in [0.4, 0.5) is 0 Å². The molecule has 4 aliphatic carbocycles. The van der Waals surface area contributed by atoms with E-state index in [1.165, 1.54) is 194 Å². The first kappa shape index (κ1) is 50.4. The molecular weight excluding hydrogens is 950 g/mol. The Morgan fingerprint density at radius 2 is 0.484 bits per heavy atom. The van der Waals surface area contributed by atoms with Crippen LogP contribution >= 0.6 is 0 Å². The van der Waals surface area contributed by atoms with E-state index in [2.05, 4.69) is 154 Å². The molecular formula is C58H64Cl2Zr2-2. The number of halogens is 2. The Morgan fingerprint density at radius 3 is 0.677 bits per heavy atom. The predicted octanol–water partition coefficient (Wildman–Crippen LogP) is 10.8. The summed E-state index contributed by atoms with van der Waals surface area (Å²) in [5.41, 5.74) is 6.38. The van der Waals surface area contributed by atoms with Crippen molar-refractivity contribution in [2.24, 2.45) is 0 Å². The Bertz CT molecular complexity index is 2120. The molecule has 0 atom stereocenters. The van der Waals surface area contributed by atoms with Crippen LogP contribution in [-0.2, 0) is 48.5 Å². The maximum Gasteiger partial charge on any atom is -0.0535 e. The van der Waals surface area contributed by atoms with Gasteiger partial charge in [-0.2, -0.15) is 22.3 Å².